The third-order valence-electron chi connectivity index (χ3n) is 8.49. The fourth-order valence-corrected chi connectivity index (χ4v) is 6.37. The number of hydrogen-bond acceptors (Lipinski definition) is 5. The number of methoxy groups -OCH3 is 1. The summed E-state index contributed by atoms with van der Waals surface area (Å²) in [6.45, 7) is 6.32. The SMILES string of the molecule is COC(=O)N[C@@H](C)CCc1c(C)ccc2c1nc(Cc1ccccc1)n2[C@H]1CCCC(OC2CCNCC2)C1. The molecular formula is C32H44N4O3. The maximum absolute atomic E-state index is 11.7. The second-order valence-electron chi connectivity index (χ2n) is 11.4. The van der Waals surface area contributed by atoms with Crippen LogP contribution in [0.5, 0.6) is 0 Å². The van der Waals surface area contributed by atoms with Crippen molar-refractivity contribution in [2.24, 2.45) is 0 Å². The fourth-order valence-electron chi connectivity index (χ4n) is 6.37. The molecule has 1 aliphatic carbocycles. The first-order valence-electron chi connectivity index (χ1n) is 14.8. The molecule has 1 saturated carbocycles. The summed E-state index contributed by atoms with van der Waals surface area (Å²) in [6, 6.07) is 15.6. The third-order valence-corrected chi connectivity index (χ3v) is 8.49. The molecule has 1 aromatic heterocycles. The van der Waals surface area contributed by atoms with Crippen molar-refractivity contribution in [1.82, 2.24) is 20.2 Å². The van der Waals surface area contributed by atoms with Crippen molar-refractivity contribution in [2.75, 3.05) is 20.2 Å². The largest absolute Gasteiger partial charge is 0.453 e. The molecule has 3 aromatic rings. The van der Waals surface area contributed by atoms with Gasteiger partial charge in [-0.3, -0.25) is 0 Å². The molecule has 1 unspecified atom stereocenters. The summed E-state index contributed by atoms with van der Waals surface area (Å²) in [5, 5.41) is 6.36. The van der Waals surface area contributed by atoms with Crippen LogP contribution in [-0.2, 0) is 22.3 Å². The highest BCUT2D eigenvalue weighted by atomic mass is 16.5. The topological polar surface area (TPSA) is 77.4 Å². The Bertz CT molecular complexity index is 1240. The van der Waals surface area contributed by atoms with E-state index in [0.717, 1.165) is 75.8 Å². The highest BCUT2D eigenvalue weighted by Gasteiger charge is 2.30. The number of carbonyl (C=O) groups is 1. The lowest BCUT2D eigenvalue weighted by Crippen LogP contribution is -2.36. The molecule has 0 bridgehead atoms. The molecule has 5 rings (SSSR count). The lowest BCUT2D eigenvalue weighted by molar-refractivity contribution is -0.0499. The minimum atomic E-state index is -0.384. The Morgan fingerprint density at radius 1 is 1.10 bits per heavy atom. The number of ether oxygens (including phenoxy) is 2. The summed E-state index contributed by atoms with van der Waals surface area (Å²) < 4.78 is 14.0. The van der Waals surface area contributed by atoms with Crippen LogP contribution in [0.3, 0.4) is 0 Å². The number of fused-ring (bicyclic) bond motifs is 1. The number of alkyl carbamates (subject to hydrolysis) is 1. The van der Waals surface area contributed by atoms with Gasteiger partial charge in [0.15, 0.2) is 0 Å². The first-order chi connectivity index (χ1) is 19.0. The van der Waals surface area contributed by atoms with Crippen molar-refractivity contribution < 1.29 is 14.3 Å². The van der Waals surface area contributed by atoms with Crippen LogP contribution >= 0.6 is 0 Å². The standard InChI is InChI=1S/C32H44N4O3/c1-22-12-15-29-31(28(22)14-13-23(2)34-32(37)38-3)35-30(20-24-8-5-4-6-9-24)36(29)25-10-7-11-27(21-25)39-26-16-18-33-19-17-26/h4-6,8-9,12,15,23,25-27,33H,7,10-11,13-14,16-21H2,1-3H3,(H,34,37)/t23-,25-,27?/m0/s1. The van der Waals surface area contributed by atoms with Crippen molar-refractivity contribution in [3.8, 4) is 0 Å². The number of aromatic nitrogens is 2. The second-order valence-corrected chi connectivity index (χ2v) is 11.4. The van der Waals surface area contributed by atoms with Gasteiger partial charge in [0.2, 0.25) is 0 Å². The van der Waals surface area contributed by atoms with Crippen LogP contribution in [0.2, 0.25) is 0 Å². The Morgan fingerprint density at radius 3 is 2.67 bits per heavy atom. The predicted molar refractivity (Wildman–Crippen MR) is 155 cm³/mol. The zero-order chi connectivity index (χ0) is 27.2. The zero-order valence-electron chi connectivity index (χ0n) is 23.7. The summed E-state index contributed by atoms with van der Waals surface area (Å²) >= 11 is 0. The van der Waals surface area contributed by atoms with Crippen molar-refractivity contribution in [3.63, 3.8) is 0 Å². The maximum atomic E-state index is 11.7. The van der Waals surface area contributed by atoms with E-state index in [1.165, 1.54) is 35.7 Å². The monoisotopic (exact) mass is 532 g/mol. The molecule has 7 nitrogen and oxygen atoms in total. The van der Waals surface area contributed by atoms with Crippen LogP contribution in [0.15, 0.2) is 42.5 Å². The van der Waals surface area contributed by atoms with Gasteiger partial charge in [-0.25, -0.2) is 9.78 Å². The maximum Gasteiger partial charge on any atom is 0.407 e. The summed E-state index contributed by atoms with van der Waals surface area (Å²) in [5.41, 5.74) is 6.13. The van der Waals surface area contributed by atoms with Gasteiger partial charge in [-0.15, -0.1) is 0 Å². The predicted octanol–water partition coefficient (Wildman–Crippen LogP) is 5.86. The summed E-state index contributed by atoms with van der Waals surface area (Å²) in [4.78, 5) is 17.0. The number of hydrogen-bond donors (Lipinski definition) is 2. The number of piperidine rings is 1. The smallest absolute Gasteiger partial charge is 0.407 e. The fraction of sp³-hybridized carbons (Fsp3) is 0.562. The Kier molecular flexibility index (Phi) is 9.20. The van der Waals surface area contributed by atoms with Gasteiger partial charge < -0.3 is 24.7 Å². The molecule has 0 spiro atoms. The Labute approximate surface area is 232 Å². The molecule has 210 valence electrons. The van der Waals surface area contributed by atoms with E-state index >= 15 is 0 Å². The normalized spacial score (nSPS) is 21.1. The van der Waals surface area contributed by atoms with Crippen LogP contribution < -0.4 is 10.6 Å². The van der Waals surface area contributed by atoms with Crippen molar-refractivity contribution in [2.45, 2.75) is 95.9 Å². The number of nitrogens with zero attached hydrogens (tertiary/aromatic N) is 2. The molecular weight excluding hydrogens is 488 g/mol. The number of benzene rings is 2. The molecule has 2 N–H and O–H groups in total. The molecule has 39 heavy (non-hydrogen) atoms. The lowest BCUT2D eigenvalue weighted by atomic mass is 9.91. The Hall–Kier alpha value is -2.90. The number of imidazole rings is 1. The minimum Gasteiger partial charge on any atom is -0.453 e. The molecule has 1 aliphatic heterocycles. The van der Waals surface area contributed by atoms with E-state index in [2.05, 4.69) is 64.6 Å². The van der Waals surface area contributed by atoms with E-state index in [4.69, 9.17) is 14.5 Å². The van der Waals surface area contributed by atoms with Gasteiger partial charge in [-0.2, -0.15) is 0 Å². The number of carbonyl (C=O) groups excluding carboxylic acids is 1. The van der Waals surface area contributed by atoms with E-state index in [1.807, 2.05) is 6.92 Å². The van der Waals surface area contributed by atoms with Crippen LogP contribution in [0, 0.1) is 6.92 Å². The van der Waals surface area contributed by atoms with E-state index in [1.54, 1.807) is 0 Å². The quantitative estimate of drug-likeness (QED) is 0.361. The number of rotatable bonds is 9. The van der Waals surface area contributed by atoms with E-state index < -0.39 is 0 Å². The Morgan fingerprint density at radius 2 is 1.90 bits per heavy atom. The molecule has 1 amide bonds. The molecule has 2 aromatic carbocycles. The zero-order valence-corrected chi connectivity index (χ0v) is 23.7. The van der Waals surface area contributed by atoms with Crippen LogP contribution in [0.25, 0.3) is 11.0 Å². The minimum absolute atomic E-state index is 0.0178. The van der Waals surface area contributed by atoms with Gasteiger partial charge in [0.25, 0.3) is 0 Å². The molecule has 2 fully saturated rings. The van der Waals surface area contributed by atoms with Gasteiger partial charge in [0.05, 0.1) is 30.4 Å². The van der Waals surface area contributed by atoms with Crippen LogP contribution in [0.4, 0.5) is 4.79 Å². The van der Waals surface area contributed by atoms with Crippen molar-refractivity contribution >= 4 is 17.1 Å². The van der Waals surface area contributed by atoms with Crippen LogP contribution in [-0.4, -0.2) is 54.1 Å². The average molecular weight is 533 g/mol. The van der Waals surface area contributed by atoms with Gasteiger partial charge in [-0.1, -0.05) is 36.4 Å². The van der Waals surface area contributed by atoms with Gasteiger partial charge >= 0.3 is 6.09 Å². The second kappa shape index (κ2) is 13.0. The average Bonchev–Trinajstić information content (AvgIpc) is 3.31. The van der Waals surface area contributed by atoms with Gasteiger partial charge in [0, 0.05) is 18.5 Å². The first-order valence-corrected chi connectivity index (χ1v) is 14.8. The number of amides is 1. The molecule has 7 heteroatoms. The van der Waals surface area contributed by atoms with E-state index in [-0.39, 0.29) is 12.1 Å². The summed E-state index contributed by atoms with van der Waals surface area (Å²) in [5.74, 6) is 1.14. The van der Waals surface area contributed by atoms with Crippen molar-refractivity contribution in [3.05, 3.63) is 65.0 Å². The summed E-state index contributed by atoms with van der Waals surface area (Å²) in [6.07, 6.45) is 9.54. The van der Waals surface area contributed by atoms with Crippen LogP contribution in [0.1, 0.15) is 80.4 Å². The highest BCUT2D eigenvalue weighted by molar-refractivity contribution is 5.81. The molecule has 3 atom stereocenters. The van der Waals surface area contributed by atoms with Crippen molar-refractivity contribution in [1.29, 1.82) is 0 Å². The summed E-state index contributed by atoms with van der Waals surface area (Å²) in [7, 11) is 1.40. The third kappa shape index (κ3) is 6.82. The number of nitrogens with one attached hydrogen (secondary N) is 2. The molecule has 1 saturated heterocycles. The highest BCUT2D eigenvalue weighted by Crippen LogP contribution is 2.37. The van der Waals surface area contributed by atoms with E-state index in [9.17, 15) is 4.79 Å². The molecule has 0 radical (unpaired) electrons. The molecule has 2 heterocycles. The number of aryl methyl sites for hydroxylation is 2. The Balaban J connectivity index is 1.45. The van der Waals surface area contributed by atoms with Gasteiger partial charge in [0.1, 0.15) is 5.82 Å². The molecule has 2 aliphatic rings. The van der Waals surface area contributed by atoms with E-state index in [0.29, 0.717) is 18.2 Å². The van der Waals surface area contributed by atoms with Gasteiger partial charge in [-0.05, 0) is 101 Å². The lowest BCUT2D eigenvalue weighted by Gasteiger charge is -2.35. The first kappa shape index (κ1) is 27.7.